The van der Waals surface area contributed by atoms with Gasteiger partial charge >= 0.3 is 0 Å². The van der Waals surface area contributed by atoms with Crippen molar-refractivity contribution in [2.45, 2.75) is 25.6 Å². The van der Waals surface area contributed by atoms with Crippen LogP contribution in [0.25, 0.3) is 0 Å². The number of rotatable bonds is 6. The first-order chi connectivity index (χ1) is 7.27. The molecule has 2 atom stereocenters. The van der Waals surface area contributed by atoms with Crippen LogP contribution >= 0.6 is 0 Å². The normalized spacial score (nSPS) is 14.9. The molecule has 2 unspecified atom stereocenters. The molecule has 1 rings (SSSR count). The molecule has 0 bridgehead atoms. The Morgan fingerprint density at radius 1 is 1.33 bits per heavy atom. The van der Waals surface area contributed by atoms with Crippen molar-refractivity contribution in [3.05, 3.63) is 35.9 Å². The van der Waals surface area contributed by atoms with Crippen molar-refractivity contribution < 1.29 is 9.84 Å². The van der Waals surface area contributed by atoms with Gasteiger partial charge < -0.3 is 15.6 Å². The largest absolute Gasteiger partial charge is 0.389 e. The number of aliphatic hydroxyl groups excluding tert-OH is 1. The van der Waals surface area contributed by atoms with Crippen molar-refractivity contribution in [2.24, 2.45) is 5.73 Å². The molecule has 0 fully saturated rings. The van der Waals surface area contributed by atoms with Crippen molar-refractivity contribution in [3.63, 3.8) is 0 Å². The second kappa shape index (κ2) is 6.56. The second-order valence-corrected chi connectivity index (χ2v) is 3.53. The maximum absolute atomic E-state index is 9.30. The molecule has 1 aromatic rings. The van der Waals surface area contributed by atoms with E-state index >= 15 is 0 Å². The minimum atomic E-state index is -0.567. The van der Waals surface area contributed by atoms with Crippen LogP contribution < -0.4 is 5.73 Å². The molecular formula is C12H19NO2. The molecule has 3 heteroatoms. The van der Waals surface area contributed by atoms with Gasteiger partial charge in [0, 0.05) is 6.54 Å². The van der Waals surface area contributed by atoms with E-state index < -0.39 is 6.10 Å². The minimum Gasteiger partial charge on any atom is -0.389 e. The van der Waals surface area contributed by atoms with Gasteiger partial charge in [-0.3, -0.25) is 0 Å². The van der Waals surface area contributed by atoms with E-state index in [4.69, 9.17) is 10.5 Å². The van der Waals surface area contributed by atoms with Crippen molar-refractivity contribution >= 4 is 0 Å². The predicted molar refractivity (Wildman–Crippen MR) is 60.5 cm³/mol. The average molecular weight is 209 g/mol. The maximum Gasteiger partial charge on any atom is 0.0895 e. The molecule has 0 spiro atoms. The van der Waals surface area contributed by atoms with Crippen LogP contribution in [0.15, 0.2) is 30.3 Å². The van der Waals surface area contributed by atoms with E-state index in [1.807, 2.05) is 30.3 Å². The summed E-state index contributed by atoms with van der Waals surface area (Å²) in [6, 6.07) is 10.0. The van der Waals surface area contributed by atoms with E-state index in [0.717, 1.165) is 12.0 Å². The van der Waals surface area contributed by atoms with E-state index in [1.54, 1.807) is 0 Å². The molecule has 0 aromatic heterocycles. The number of aliphatic hydroxyl groups is 1. The standard InChI is InChI=1S/C12H19NO2/c1-2-12(15-9-11(14)8-13)10-6-4-3-5-7-10/h3-7,11-12,14H,2,8-9,13H2,1H3. The molecule has 0 heterocycles. The Morgan fingerprint density at radius 3 is 2.53 bits per heavy atom. The second-order valence-electron chi connectivity index (χ2n) is 3.53. The first kappa shape index (κ1) is 12.2. The molecule has 0 aliphatic carbocycles. The molecule has 3 nitrogen and oxygen atoms in total. The van der Waals surface area contributed by atoms with Crippen molar-refractivity contribution in [3.8, 4) is 0 Å². The summed E-state index contributed by atoms with van der Waals surface area (Å²) in [5.41, 5.74) is 6.45. The summed E-state index contributed by atoms with van der Waals surface area (Å²) in [5, 5.41) is 9.30. The quantitative estimate of drug-likeness (QED) is 0.746. The van der Waals surface area contributed by atoms with E-state index in [1.165, 1.54) is 0 Å². The monoisotopic (exact) mass is 209 g/mol. The van der Waals surface area contributed by atoms with Gasteiger partial charge in [-0.1, -0.05) is 37.3 Å². The maximum atomic E-state index is 9.30. The van der Waals surface area contributed by atoms with E-state index in [9.17, 15) is 5.11 Å². The van der Waals surface area contributed by atoms with Gasteiger partial charge in [-0.2, -0.15) is 0 Å². The fourth-order valence-electron chi connectivity index (χ4n) is 1.41. The highest BCUT2D eigenvalue weighted by molar-refractivity contribution is 5.17. The molecule has 0 amide bonds. The number of nitrogens with two attached hydrogens (primary N) is 1. The van der Waals surface area contributed by atoms with Crippen molar-refractivity contribution in [2.75, 3.05) is 13.2 Å². The lowest BCUT2D eigenvalue weighted by Gasteiger charge is -2.18. The SMILES string of the molecule is CCC(OCC(O)CN)c1ccccc1. The highest BCUT2D eigenvalue weighted by Gasteiger charge is 2.11. The first-order valence-corrected chi connectivity index (χ1v) is 5.32. The van der Waals surface area contributed by atoms with Crippen LogP contribution in [0.5, 0.6) is 0 Å². The van der Waals surface area contributed by atoms with Gasteiger partial charge in [0.15, 0.2) is 0 Å². The smallest absolute Gasteiger partial charge is 0.0895 e. The molecule has 0 saturated carbocycles. The lowest BCUT2D eigenvalue weighted by molar-refractivity contribution is -0.00863. The summed E-state index contributed by atoms with van der Waals surface area (Å²) in [4.78, 5) is 0. The zero-order valence-corrected chi connectivity index (χ0v) is 9.10. The fraction of sp³-hybridized carbons (Fsp3) is 0.500. The van der Waals surface area contributed by atoms with Gasteiger partial charge in [0.05, 0.1) is 18.8 Å². The van der Waals surface area contributed by atoms with Gasteiger partial charge in [0.1, 0.15) is 0 Å². The molecule has 1 aromatic carbocycles. The summed E-state index contributed by atoms with van der Waals surface area (Å²) < 4.78 is 5.60. The van der Waals surface area contributed by atoms with Crippen LogP contribution in [0.2, 0.25) is 0 Å². The molecule has 3 N–H and O–H groups in total. The molecule has 0 aliphatic heterocycles. The van der Waals surface area contributed by atoms with Crippen LogP contribution in [-0.4, -0.2) is 24.4 Å². The summed E-state index contributed by atoms with van der Waals surface area (Å²) in [6.45, 7) is 2.60. The van der Waals surface area contributed by atoms with Gasteiger partial charge in [-0.05, 0) is 12.0 Å². The summed E-state index contributed by atoms with van der Waals surface area (Å²) >= 11 is 0. The van der Waals surface area contributed by atoms with Gasteiger partial charge in [0.2, 0.25) is 0 Å². The van der Waals surface area contributed by atoms with Gasteiger partial charge in [-0.25, -0.2) is 0 Å². The Labute approximate surface area is 90.9 Å². The molecule has 0 saturated heterocycles. The zero-order chi connectivity index (χ0) is 11.1. The van der Waals surface area contributed by atoms with Crippen molar-refractivity contribution in [1.29, 1.82) is 0 Å². The summed E-state index contributed by atoms with van der Waals surface area (Å²) in [5.74, 6) is 0. The average Bonchev–Trinajstić information content (AvgIpc) is 2.31. The van der Waals surface area contributed by atoms with Crippen LogP contribution in [-0.2, 0) is 4.74 Å². The Bertz CT molecular complexity index is 264. The molecule has 0 aliphatic rings. The Balaban J connectivity index is 2.50. The predicted octanol–water partition coefficient (Wildman–Crippen LogP) is 1.47. The van der Waals surface area contributed by atoms with Crippen LogP contribution in [0.4, 0.5) is 0 Å². The number of ether oxygens (including phenoxy) is 1. The third-order valence-corrected chi connectivity index (χ3v) is 2.30. The number of hydrogen-bond acceptors (Lipinski definition) is 3. The summed E-state index contributed by atoms with van der Waals surface area (Å²) in [6.07, 6.45) is 0.372. The van der Waals surface area contributed by atoms with E-state index in [0.29, 0.717) is 6.61 Å². The number of benzene rings is 1. The lowest BCUT2D eigenvalue weighted by atomic mass is 10.1. The Morgan fingerprint density at radius 2 is 2.00 bits per heavy atom. The summed E-state index contributed by atoms with van der Waals surface area (Å²) in [7, 11) is 0. The van der Waals surface area contributed by atoms with E-state index in [-0.39, 0.29) is 12.6 Å². The highest BCUT2D eigenvalue weighted by Crippen LogP contribution is 2.20. The molecule has 84 valence electrons. The fourth-order valence-corrected chi connectivity index (χ4v) is 1.41. The third-order valence-electron chi connectivity index (χ3n) is 2.30. The van der Waals surface area contributed by atoms with Crippen molar-refractivity contribution in [1.82, 2.24) is 0 Å². The zero-order valence-electron chi connectivity index (χ0n) is 9.10. The highest BCUT2D eigenvalue weighted by atomic mass is 16.5. The third kappa shape index (κ3) is 4.00. The topological polar surface area (TPSA) is 55.5 Å². The Kier molecular flexibility index (Phi) is 5.32. The van der Waals surface area contributed by atoms with Crippen LogP contribution in [0, 0.1) is 0 Å². The van der Waals surface area contributed by atoms with Crippen LogP contribution in [0.3, 0.4) is 0 Å². The van der Waals surface area contributed by atoms with Crippen LogP contribution in [0.1, 0.15) is 25.0 Å². The van der Waals surface area contributed by atoms with E-state index in [2.05, 4.69) is 6.92 Å². The lowest BCUT2D eigenvalue weighted by Crippen LogP contribution is -2.26. The van der Waals surface area contributed by atoms with Gasteiger partial charge in [0.25, 0.3) is 0 Å². The first-order valence-electron chi connectivity index (χ1n) is 5.32. The Hall–Kier alpha value is -0.900. The molecular weight excluding hydrogens is 190 g/mol. The number of hydrogen-bond donors (Lipinski definition) is 2. The van der Waals surface area contributed by atoms with Gasteiger partial charge in [-0.15, -0.1) is 0 Å². The molecule has 15 heavy (non-hydrogen) atoms. The minimum absolute atomic E-state index is 0.0485. The molecule has 0 radical (unpaired) electrons.